The average Bonchev–Trinajstić information content (AvgIpc) is 2.67. The third-order valence-electron chi connectivity index (χ3n) is 3.41. The Bertz CT molecular complexity index is 328. The molecule has 1 heterocycles. The Kier molecular flexibility index (Phi) is 3.31. The van der Waals surface area contributed by atoms with Gasteiger partial charge in [-0.25, -0.2) is 0 Å². The number of nitrogens with zero attached hydrogens (tertiary/aromatic N) is 1. The van der Waals surface area contributed by atoms with Crippen LogP contribution in [0.5, 0.6) is 0 Å². The summed E-state index contributed by atoms with van der Waals surface area (Å²) in [4.78, 5) is 2.40. The fraction of sp³-hybridized carbons (Fsp3) is 0.571. The van der Waals surface area contributed by atoms with Gasteiger partial charge in [-0.2, -0.15) is 0 Å². The molecule has 2 rings (SSSR count). The predicted molar refractivity (Wildman–Crippen MR) is 66.2 cm³/mol. The van der Waals surface area contributed by atoms with Crippen LogP contribution in [0.3, 0.4) is 0 Å². The molecule has 16 heavy (non-hydrogen) atoms. The summed E-state index contributed by atoms with van der Waals surface area (Å²) in [5.41, 5.74) is 0.740. The molecule has 0 bridgehead atoms. The van der Waals surface area contributed by atoms with E-state index < -0.39 is 5.60 Å². The smallest absolute Gasteiger partial charge is 0.0746 e. The molecule has 0 spiro atoms. The van der Waals surface area contributed by atoms with Crippen LogP contribution in [0, 0.1) is 0 Å². The third kappa shape index (κ3) is 2.63. The van der Waals surface area contributed by atoms with Crippen LogP contribution in [0.2, 0.25) is 0 Å². The number of aliphatic hydroxyl groups is 1. The summed E-state index contributed by atoms with van der Waals surface area (Å²) in [5.74, 6) is 0. The van der Waals surface area contributed by atoms with Crippen LogP contribution >= 0.6 is 0 Å². The van der Waals surface area contributed by atoms with Crippen LogP contribution in [0.4, 0.5) is 0 Å². The summed E-state index contributed by atoms with van der Waals surface area (Å²) in [6, 6.07) is 10.8. The molecule has 1 aromatic rings. The third-order valence-corrected chi connectivity index (χ3v) is 3.41. The normalized spacial score (nSPS) is 22.6. The maximum atomic E-state index is 10.1. The monoisotopic (exact) mass is 219 g/mol. The fourth-order valence-electron chi connectivity index (χ4n) is 2.63. The first-order valence-corrected chi connectivity index (χ1v) is 6.08. The van der Waals surface area contributed by atoms with Gasteiger partial charge in [0.05, 0.1) is 5.60 Å². The van der Waals surface area contributed by atoms with E-state index in [9.17, 15) is 5.11 Å². The molecule has 1 fully saturated rings. The Morgan fingerprint density at radius 1 is 1.31 bits per heavy atom. The first kappa shape index (κ1) is 11.6. The Hall–Kier alpha value is -0.860. The van der Waals surface area contributed by atoms with E-state index in [1.165, 1.54) is 12.0 Å². The summed E-state index contributed by atoms with van der Waals surface area (Å²) in [5, 5.41) is 10.1. The summed E-state index contributed by atoms with van der Waals surface area (Å²) >= 11 is 0. The molecule has 0 unspecified atom stereocenters. The molecule has 2 heteroatoms. The highest BCUT2D eigenvalue weighted by Gasteiger charge is 2.35. The summed E-state index contributed by atoms with van der Waals surface area (Å²) in [6.45, 7) is 5.89. The minimum Gasteiger partial charge on any atom is -0.389 e. The van der Waals surface area contributed by atoms with E-state index in [0.29, 0.717) is 6.04 Å². The summed E-state index contributed by atoms with van der Waals surface area (Å²) in [6.07, 6.45) is 2.30. The Morgan fingerprint density at radius 3 is 2.62 bits per heavy atom. The van der Waals surface area contributed by atoms with Gasteiger partial charge in [-0.15, -0.1) is 0 Å². The standard InChI is InChI=1S/C14H21NO/c1-14(2,16)13-9-6-10-15(13)11-12-7-4-3-5-8-12/h3-5,7-8,13,16H,6,9-11H2,1-2H3/t13-/m0/s1. The van der Waals surface area contributed by atoms with Gasteiger partial charge in [-0.3, -0.25) is 4.90 Å². The zero-order valence-electron chi connectivity index (χ0n) is 10.2. The van der Waals surface area contributed by atoms with Crippen molar-refractivity contribution in [1.82, 2.24) is 4.90 Å². The average molecular weight is 219 g/mol. The van der Waals surface area contributed by atoms with Crippen LogP contribution in [-0.4, -0.2) is 28.2 Å². The van der Waals surface area contributed by atoms with Crippen molar-refractivity contribution in [3.63, 3.8) is 0 Å². The second-order valence-electron chi connectivity index (χ2n) is 5.27. The molecular weight excluding hydrogens is 198 g/mol. The van der Waals surface area contributed by atoms with Crippen LogP contribution < -0.4 is 0 Å². The van der Waals surface area contributed by atoms with Gasteiger partial charge < -0.3 is 5.11 Å². The molecule has 0 aliphatic carbocycles. The van der Waals surface area contributed by atoms with E-state index in [1.54, 1.807) is 0 Å². The van der Waals surface area contributed by atoms with Crippen molar-refractivity contribution in [1.29, 1.82) is 0 Å². The number of benzene rings is 1. The summed E-state index contributed by atoms with van der Waals surface area (Å²) < 4.78 is 0. The first-order valence-electron chi connectivity index (χ1n) is 6.08. The Morgan fingerprint density at radius 2 is 2.00 bits per heavy atom. The molecule has 0 aromatic heterocycles. The van der Waals surface area contributed by atoms with E-state index in [4.69, 9.17) is 0 Å². The molecule has 1 saturated heterocycles. The van der Waals surface area contributed by atoms with Crippen molar-refractivity contribution >= 4 is 0 Å². The first-order chi connectivity index (χ1) is 7.57. The number of hydrogen-bond donors (Lipinski definition) is 1. The molecule has 88 valence electrons. The zero-order chi connectivity index (χ0) is 11.6. The fourth-order valence-corrected chi connectivity index (χ4v) is 2.63. The maximum Gasteiger partial charge on any atom is 0.0746 e. The number of rotatable bonds is 3. The molecule has 0 radical (unpaired) electrons. The number of likely N-dealkylation sites (tertiary alicyclic amines) is 1. The van der Waals surface area contributed by atoms with E-state index in [1.807, 2.05) is 19.9 Å². The van der Waals surface area contributed by atoms with E-state index >= 15 is 0 Å². The molecular formula is C14H21NO. The van der Waals surface area contributed by atoms with Crippen LogP contribution in [0.25, 0.3) is 0 Å². The van der Waals surface area contributed by atoms with E-state index in [-0.39, 0.29) is 0 Å². The maximum absolute atomic E-state index is 10.1. The summed E-state index contributed by atoms with van der Waals surface area (Å²) in [7, 11) is 0. The second kappa shape index (κ2) is 4.56. The largest absolute Gasteiger partial charge is 0.389 e. The highest BCUT2D eigenvalue weighted by atomic mass is 16.3. The van der Waals surface area contributed by atoms with Gasteiger partial charge in [-0.05, 0) is 38.8 Å². The lowest BCUT2D eigenvalue weighted by molar-refractivity contribution is -0.00501. The van der Waals surface area contributed by atoms with Crippen molar-refractivity contribution in [2.45, 2.75) is 44.9 Å². The van der Waals surface area contributed by atoms with Crippen molar-refractivity contribution in [2.24, 2.45) is 0 Å². The molecule has 0 saturated carbocycles. The van der Waals surface area contributed by atoms with Gasteiger partial charge in [0.1, 0.15) is 0 Å². The second-order valence-corrected chi connectivity index (χ2v) is 5.27. The Labute approximate surface area is 97.9 Å². The van der Waals surface area contributed by atoms with Crippen molar-refractivity contribution in [3.05, 3.63) is 35.9 Å². The molecule has 1 atom stereocenters. The van der Waals surface area contributed by atoms with E-state index in [0.717, 1.165) is 19.5 Å². The predicted octanol–water partition coefficient (Wildman–Crippen LogP) is 2.42. The van der Waals surface area contributed by atoms with Gasteiger partial charge in [0.2, 0.25) is 0 Å². The number of hydrogen-bond acceptors (Lipinski definition) is 2. The molecule has 2 nitrogen and oxygen atoms in total. The Balaban J connectivity index is 2.05. The van der Waals surface area contributed by atoms with Gasteiger partial charge in [-0.1, -0.05) is 30.3 Å². The minimum atomic E-state index is -0.592. The molecule has 1 aromatic carbocycles. The van der Waals surface area contributed by atoms with Gasteiger partial charge in [0.15, 0.2) is 0 Å². The van der Waals surface area contributed by atoms with Crippen LogP contribution in [-0.2, 0) is 6.54 Å². The van der Waals surface area contributed by atoms with Gasteiger partial charge in [0, 0.05) is 12.6 Å². The van der Waals surface area contributed by atoms with Crippen molar-refractivity contribution < 1.29 is 5.11 Å². The van der Waals surface area contributed by atoms with Gasteiger partial charge in [0.25, 0.3) is 0 Å². The molecule has 1 N–H and O–H groups in total. The quantitative estimate of drug-likeness (QED) is 0.844. The lowest BCUT2D eigenvalue weighted by atomic mass is 9.96. The highest BCUT2D eigenvalue weighted by Crippen LogP contribution is 2.27. The lowest BCUT2D eigenvalue weighted by Gasteiger charge is -2.33. The molecule has 1 aliphatic heterocycles. The van der Waals surface area contributed by atoms with E-state index in [2.05, 4.69) is 29.2 Å². The van der Waals surface area contributed by atoms with Crippen LogP contribution in [0.15, 0.2) is 30.3 Å². The topological polar surface area (TPSA) is 23.5 Å². The van der Waals surface area contributed by atoms with Crippen molar-refractivity contribution in [2.75, 3.05) is 6.54 Å². The highest BCUT2D eigenvalue weighted by molar-refractivity contribution is 5.15. The molecule has 1 aliphatic rings. The minimum absolute atomic E-state index is 0.299. The SMILES string of the molecule is CC(C)(O)[C@@H]1CCCN1Cc1ccccc1. The van der Waals surface area contributed by atoms with Crippen LogP contribution in [0.1, 0.15) is 32.3 Å². The zero-order valence-corrected chi connectivity index (χ0v) is 10.2. The molecule has 0 amide bonds. The van der Waals surface area contributed by atoms with Crippen molar-refractivity contribution in [3.8, 4) is 0 Å². The lowest BCUT2D eigenvalue weighted by Crippen LogP contribution is -2.45. The van der Waals surface area contributed by atoms with Gasteiger partial charge >= 0.3 is 0 Å².